The highest BCUT2D eigenvalue weighted by Crippen LogP contribution is 2.32. The molecule has 25 heavy (non-hydrogen) atoms. The Morgan fingerprint density at radius 2 is 2.00 bits per heavy atom. The molecule has 0 saturated carbocycles. The van der Waals surface area contributed by atoms with E-state index in [4.69, 9.17) is 4.74 Å². The molecule has 1 aromatic carbocycles. The lowest BCUT2D eigenvalue weighted by Crippen LogP contribution is -2.50. The SMILES string of the molecule is CCOC1(C)CCN(C(=O)NC2CCS(=O)(=O)c3ccccc32)CC1. The van der Waals surface area contributed by atoms with Crippen LogP contribution in [0.4, 0.5) is 4.79 Å². The highest BCUT2D eigenvalue weighted by atomic mass is 32.2. The van der Waals surface area contributed by atoms with Gasteiger partial charge in [-0.2, -0.15) is 0 Å². The normalized spacial score (nSPS) is 24.4. The van der Waals surface area contributed by atoms with Gasteiger partial charge in [-0.05, 0) is 44.7 Å². The van der Waals surface area contributed by atoms with Crippen LogP contribution in [0.3, 0.4) is 0 Å². The van der Waals surface area contributed by atoms with Crippen LogP contribution in [0, 0.1) is 0 Å². The third-order valence-corrected chi connectivity index (χ3v) is 7.02. The van der Waals surface area contributed by atoms with Gasteiger partial charge >= 0.3 is 6.03 Å². The second kappa shape index (κ2) is 6.96. The summed E-state index contributed by atoms with van der Waals surface area (Å²) in [5.41, 5.74) is 0.537. The molecule has 0 aliphatic carbocycles. The summed E-state index contributed by atoms with van der Waals surface area (Å²) in [6.07, 6.45) is 2.03. The first-order valence-corrected chi connectivity index (χ1v) is 10.5. The van der Waals surface area contributed by atoms with Gasteiger partial charge < -0.3 is 15.0 Å². The lowest BCUT2D eigenvalue weighted by atomic mass is 9.93. The highest BCUT2D eigenvalue weighted by molar-refractivity contribution is 7.91. The van der Waals surface area contributed by atoms with E-state index in [9.17, 15) is 13.2 Å². The minimum Gasteiger partial charge on any atom is -0.375 e. The molecule has 2 aliphatic rings. The molecule has 6 nitrogen and oxygen atoms in total. The van der Waals surface area contributed by atoms with E-state index in [0.717, 1.165) is 12.8 Å². The molecule has 0 spiro atoms. The van der Waals surface area contributed by atoms with Gasteiger partial charge in [0, 0.05) is 19.7 Å². The van der Waals surface area contributed by atoms with E-state index in [1.165, 1.54) is 0 Å². The number of amides is 2. The number of likely N-dealkylation sites (tertiary alicyclic amines) is 1. The quantitative estimate of drug-likeness (QED) is 0.892. The zero-order chi connectivity index (χ0) is 18.1. The van der Waals surface area contributed by atoms with Crippen LogP contribution in [0.25, 0.3) is 0 Å². The van der Waals surface area contributed by atoms with Crippen molar-refractivity contribution in [2.24, 2.45) is 0 Å². The molecule has 1 saturated heterocycles. The second-order valence-electron chi connectivity index (χ2n) is 7.02. The van der Waals surface area contributed by atoms with E-state index >= 15 is 0 Å². The van der Waals surface area contributed by atoms with Gasteiger partial charge in [0.05, 0.1) is 22.3 Å². The molecule has 7 heteroatoms. The molecule has 138 valence electrons. The van der Waals surface area contributed by atoms with Gasteiger partial charge in [-0.3, -0.25) is 0 Å². The van der Waals surface area contributed by atoms with Crippen LogP contribution < -0.4 is 5.32 Å². The Bertz CT molecular complexity index is 739. The number of piperidine rings is 1. The number of carbonyl (C=O) groups is 1. The Balaban J connectivity index is 1.67. The minimum atomic E-state index is -3.24. The predicted octanol–water partition coefficient (Wildman–Crippen LogP) is 2.51. The number of rotatable bonds is 3. The smallest absolute Gasteiger partial charge is 0.317 e. The van der Waals surface area contributed by atoms with Crippen molar-refractivity contribution in [1.82, 2.24) is 10.2 Å². The number of nitrogens with one attached hydrogen (secondary N) is 1. The zero-order valence-electron chi connectivity index (χ0n) is 14.8. The summed E-state index contributed by atoms with van der Waals surface area (Å²) in [5, 5.41) is 3.02. The van der Waals surface area contributed by atoms with E-state index in [1.54, 1.807) is 23.1 Å². The first kappa shape index (κ1) is 18.2. The van der Waals surface area contributed by atoms with Gasteiger partial charge in [0.15, 0.2) is 9.84 Å². The number of carbonyl (C=O) groups excluding carboxylic acids is 1. The Labute approximate surface area is 149 Å². The summed E-state index contributed by atoms with van der Waals surface area (Å²) in [7, 11) is -3.24. The van der Waals surface area contributed by atoms with Gasteiger partial charge in [-0.25, -0.2) is 13.2 Å². The summed E-state index contributed by atoms with van der Waals surface area (Å²) in [6.45, 7) is 6.05. The van der Waals surface area contributed by atoms with Gasteiger partial charge in [0.25, 0.3) is 0 Å². The fraction of sp³-hybridized carbons (Fsp3) is 0.611. The number of hydrogen-bond acceptors (Lipinski definition) is 4. The van der Waals surface area contributed by atoms with E-state index in [2.05, 4.69) is 12.2 Å². The largest absolute Gasteiger partial charge is 0.375 e. The standard InChI is InChI=1S/C18H26N2O4S/c1-3-24-18(2)9-11-20(12-10-18)17(21)19-15-8-13-25(22,23)16-7-5-4-6-14(15)16/h4-7,15H,3,8-13H2,1-2H3,(H,19,21). The van der Waals surface area contributed by atoms with Crippen molar-refractivity contribution in [2.75, 3.05) is 25.4 Å². The predicted molar refractivity (Wildman–Crippen MR) is 95.2 cm³/mol. The number of benzene rings is 1. The lowest BCUT2D eigenvalue weighted by molar-refractivity contribution is -0.0596. The third-order valence-electron chi connectivity index (χ3n) is 5.20. The van der Waals surface area contributed by atoms with E-state index < -0.39 is 9.84 Å². The molecule has 2 amide bonds. The molecule has 1 unspecified atom stereocenters. The maximum absolute atomic E-state index is 12.6. The van der Waals surface area contributed by atoms with E-state index in [-0.39, 0.29) is 23.4 Å². The summed E-state index contributed by atoms with van der Waals surface area (Å²) in [5.74, 6) is 0.0668. The molecular weight excluding hydrogens is 340 g/mol. The summed E-state index contributed by atoms with van der Waals surface area (Å²) < 4.78 is 30.2. The molecular formula is C18H26N2O4S. The molecule has 3 rings (SSSR count). The fourth-order valence-corrected chi connectivity index (χ4v) is 5.28. The topological polar surface area (TPSA) is 75.7 Å². The molecule has 2 heterocycles. The second-order valence-corrected chi connectivity index (χ2v) is 9.09. The van der Waals surface area contributed by atoms with Crippen molar-refractivity contribution < 1.29 is 17.9 Å². The molecule has 0 radical (unpaired) electrons. The molecule has 0 bridgehead atoms. The maximum atomic E-state index is 12.6. The van der Waals surface area contributed by atoms with Crippen LogP contribution in [0.1, 0.15) is 44.7 Å². The minimum absolute atomic E-state index is 0.0668. The molecule has 1 N–H and O–H groups in total. The van der Waals surface area contributed by atoms with Gasteiger partial charge in [0.1, 0.15) is 0 Å². The van der Waals surface area contributed by atoms with Crippen LogP contribution >= 0.6 is 0 Å². The van der Waals surface area contributed by atoms with Crippen molar-refractivity contribution in [3.05, 3.63) is 29.8 Å². The Morgan fingerprint density at radius 3 is 2.68 bits per heavy atom. The molecule has 1 atom stereocenters. The monoisotopic (exact) mass is 366 g/mol. The van der Waals surface area contributed by atoms with Crippen LogP contribution in [0.2, 0.25) is 0 Å². The maximum Gasteiger partial charge on any atom is 0.317 e. The van der Waals surface area contributed by atoms with Crippen molar-refractivity contribution in [3.8, 4) is 0 Å². The Morgan fingerprint density at radius 1 is 1.32 bits per heavy atom. The van der Waals surface area contributed by atoms with Crippen LogP contribution in [-0.2, 0) is 14.6 Å². The lowest BCUT2D eigenvalue weighted by Gasteiger charge is -2.39. The zero-order valence-corrected chi connectivity index (χ0v) is 15.6. The number of ether oxygens (including phenoxy) is 1. The summed E-state index contributed by atoms with van der Waals surface area (Å²) in [6, 6.07) is 6.56. The van der Waals surface area contributed by atoms with Gasteiger partial charge in [-0.15, -0.1) is 0 Å². The molecule has 1 fully saturated rings. The number of fused-ring (bicyclic) bond motifs is 1. The van der Waals surface area contributed by atoms with Crippen molar-refractivity contribution in [2.45, 2.75) is 49.6 Å². The van der Waals surface area contributed by atoms with Crippen molar-refractivity contribution in [3.63, 3.8) is 0 Å². The Hall–Kier alpha value is -1.60. The average Bonchev–Trinajstić information content (AvgIpc) is 2.58. The molecule has 0 aromatic heterocycles. The summed E-state index contributed by atoms with van der Waals surface area (Å²) >= 11 is 0. The average molecular weight is 366 g/mol. The van der Waals surface area contributed by atoms with Crippen LogP contribution in [0.5, 0.6) is 0 Å². The van der Waals surface area contributed by atoms with Crippen LogP contribution in [0.15, 0.2) is 29.2 Å². The molecule has 1 aromatic rings. The molecule has 2 aliphatic heterocycles. The third kappa shape index (κ3) is 3.82. The first-order valence-electron chi connectivity index (χ1n) is 8.86. The van der Waals surface area contributed by atoms with E-state index in [0.29, 0.717) is 36.6 Å². The van der Waals surface area contributed by atoms with Crippen LogP contribution in [-0.4, -0.2) is 50.4 Å². The number of hydrogen-bond donors (Lipinski definition) is 1. The Kier molecular flexibility index (Phi) is 5.06. The van der Waals surface area contributed by atoms with Crippen molar-refractivity contribution in [1.29, 1.82) is 0 Å². The van der Waals surface area contributed by atoms with E-state index in [1.807, 2.05) is 13.0 Å². The first-order chi connectivity index (χ1) is 11.8. The van der Waals surface area contributed by atoms with Gasteiger partial charge in [-0.1, -0.05) is 18.2 Å². The summed E-state index contributed by atoms with van der Waals surface area (Å²) in [4.78, 5) is 14.8. The van der Waals surface area contributed by atoms with Gasteiger partial charge in [0.2, 0.25) is 0 Å². The highest BCUT2D eigenvalue weighted by Gasteiger charge is 2.35. The fourth-order valence-electron chi connectivity index (χ4n) is 3.66. The van der Waals surface area contributed by atoms with Crippen molar-refractivity contribution >= 4 is 15.9 Å². The number of nitrogens with zero attached hydrogens (tertiary/aromatic N) is 1. The number of urea groups is 1. The number of sulfone groups is 1.